The predicted octanol–water partition coefficient (Wildman–Crippen LogP) is 6.14. The summed E-state index contributed by atoms with van der Waals surface area (Å²) in [5.74, 6) is 0.314. The smallest absolute Gasteiger partial charge is 0.223 e. The van der Waals surface area contributed by atoms with Crippen LogP contribution in [0.4, 0.5) is 0 Å². The summed E-state index contributed by atoms with van der Waals surface area (Å²) in [6, 6.07) is 11.9. The molecule has 8 heteroatoms. The summed E-state index contributed by atoms with van der Waals surface area (Å²) in [7, 11) is 0. The van der Waals surface area contributed by atoms with Crippen LogP contribution in [0.25, 0.3) is 0 Å². The molecule has 1 aliphatic heterocycles. The van der Waals surface area contributed by atoms with Gasteiger partial charge in [-0.2, -0.15) is 0 Å². The number of nitrogens with one attached hydrogen (secondary N) is 1. The van der Waals surface area contributed by atoms with Crippen LogP contribution in [0.3, 0.4) is 0 Å². The van der Waals surface area contributed by atoms with Gasteiger partial charge in [0.1, 0.15) is 0 Å². The Balaban J connectivity index is 1.31. The highest BCUT2D eigenvalue weighted by molar-refractivity contribution is 9.10. The van der Waals surface area contributed by atoms with Gasteiger partial charge in [-0.3, -0.25) is 9.59 Å². The van der Waals surface area contributed by atoms with Gasteiger partial charge in [0.15, 0.2) is 0 Å². The van der Waals surface area contributed by atoms with Gasteiger partial charge in [0.25, 0.3) is 0 Å². The van der Waals surface area contributed by atoms with E-state index < -0.39 is 0 Å². The van der Waals surface area contributed by atoms with Crippen molar-refractivity contribution in [1.82, 2.24) is 10.2 Å². The van der Waals surface area contributed by atoms with Crippen LogP contribution in [0, 0.1) is 5.92 Å². The van der Waals surface area contributed by atoms with E-state index in [0.717, 1.165) is 45.6 Å². The Bertz CT molecular complexity index is 1000. The van der Waals surface area contributed by atoms with E-state index in [9.17, 15) is 9.59 Å². The van der Waals surface area contributed by atoms with Gasteiger partial charge in [-0.1, -0.05) is 53.2 Å². The fraction of sp³-hybridized carbons (Fsp3) is 0.391. The Morgan fingerprint density at radius 2 is 1.97 bits per heavy atom. The van der Waals surface area contributed by atoms with Gasteiger partial charge in [-0.05, 0) is 64.9 Å². The van der Waals surface area contributed by atoms with Crippen LogP contribution in [0.2, 0.25) is 10.0 Å². The van der Waals surface area contributed by atoms with Gasteiger partial charge in [-0.25, -0.2) is 0 Å². The lowest BCUT2D eigenvalue weighted by Gasteiger charge is -2.15. The van der Waals surface area contributed by atoms with E-state index in [1.165, 1.54) is 0 Å². The lowest BCUT2D eigenvalue weighted by molar-refractivity contribution is -0.127. The second kappa shape index (κ2) is 10.2. The average molecular weight is 542 g/mol. The maximum atomic E-state index is 12.5. The van der Waals surface area contributed by atoms with Crippen LogP contribution >= 0.6 is 50.9 Å². The van der Waals surface area contributed by atoms with Crippen molar-refractivity contribution < 1.29 is 9.59 Å². The molecular weight excluding hydrogens is 519 g/mol. The number of benzene rings is 2. The number of amides is 2. The van der Waals surface area contributed by atoms with Crippen LogP contribution in [-0.2, 0) is 9.59 Å². The lowest BCUT2D eigenvalue weighted by Crippen LogP contribution is -2.31. The molecule has 4 nitrogen and oxygen atoms in total. The second-order valence-electron chi connectivity index (χ2n) is 7.89. The van der Waals surface area contributed by atoms with E-state index in [0.29, 0.717) is 29.6 Å². The standard InChI is InChI=1S/C23H23BrCl2N2O2S/c24-17-5-1-2-6-18(17)31-19-9-8-14(21(25)22(19)26)15-13-16(15)23(30)27-10-4-12-28-11-3-7-20(28)29/h1-2,5-6,8-9,15-16H,3-4,7,10-13H2,(H,27,30). The number of likely N-dealkylation sites (tertiary alicyclic amines) is 1. The van der Waals surface area contributed by atoms with Crippen LogP contribution in [0.1, 0.15) is 37.2 Å². The van der Waals surface area contributed by atoms with Crippen molar-refractivity contribution >= 4 is 62.7 Å². The molecule has 2 aromatic carbocycles. The average Bonchev–Trinajstić information content (AvgIpc) is 3.45. The number of carbonyl (C=O) groups is 2. The second-order valence-corrected chi connectivity index (χ2v) is 10.6. The van der Waals surface area contributed by atoms with Gasteiger partial charge in [-0.15, -0.1) is 0 Å². The molecule has 2 unspecified atom stereocenters. The third kappa shape index (κ3) is 5.41. The van der Waals surface area contributed by atoms with Crippen LogP contribution in [-0.4, -0.2) is 36.3 Å². The third-order valence-electron chi connectivity index (χ3n) is 5.74. The molecule has 4 rings (SSSR count). The van der Waals surface area contributed by atoms with E-state index in [1.807, 2.05) is 41.3 Å². The molecule has 1 saturated heterocycles. The number of carbonyl (C=O) groups excluding carboxylic acids is 2. The number of nitrogens with zero attached hydrogens (tertiary/aromatic N) is 1. The minimum absolute atomic E-state index is 0.0524. The molecule has 2 aromatic rings. The SMILES string of the molecule is O=C(NCCCN1CCCC1=O)C1CC1c1ccc(Sc2ccccc2Br)c(Cl)c1Cl. The molecule has 1 saturated carbocycles. The largest absolute Gasteiger partial charge is 0.356 e. The highest BCUT2D eigenvalue weighted by atomic mass is 79.9. The first-order valence-electron chi connectivity index (χ1n) is 10.4. The van der Waals surface area contributed by atoms with Crippen molar-refractivity contribution in [1.29, 1.82) is 0 Å². The van der Waals surface area contributed by atoms with Crippen LogP contribution < -0.4 is 5.32 Å². The van der Waals surface area contributed by atoms with Crippen molar-refractivity contribution in [2.45, 2.75) is 41.4 Å². The van der Waals surface area contributed by atoms with Gasteiger partial charge >= 0.3 is 0 Å². The molecule has 2 aliphatic rings. The minimum Gasteiger partial charge on any atom is -0.356 e. The number of hydrogen-bond acceptors (Lipinski definition) is 3. The third-order valence-corrected chi connectivity index (χ3v) is 8.83. The fourth-order valence-corrected chi connectivity index (χ4v) is 5.99. The quantitative estimate of drug-likeness (QED) is 0.408. The zero-order valence-corrected chi connectivity index (χ0v) is 20.8. The number of hydrogen-bond donors (Lipinski definition) is 1. The summed E-state index contributed by atoms with van der Waals surface area (Å²) >= 11 is 18.3. The number of rotatable bonds is 8. The maximum Gasteiger partial charge on any atom is 0.223 e. The first-order chi connectivity index (χ1) is 15.0. The molecule has 164 valence electrons. The predicted molar refractivity (Wildman–Crippen MR) is 129 cm³/mol. The monoisotopic (exact) mass is 540 g/mol. The Morgan fingerprint density at radius 3 is 2.71 bits per heavy atom. The van der Waals surface area contributed by atoms with E-state index in [2.05, 4.69) is 21.2 Å². The molecule has 2 atom stereocenters. The summed E-state index contributed by atoms with van der Waals surface area (Å²) in [4.78, 5) is 28.0. The molecule has 0 aromatic heterocycles. The molecule has 0 radical (unpaired) electrons. The molecule has 0 spiro atoms. The Morgan fingerprint density at radius 1 is 1.16 bits per heavy atom. The summed E-state index contributed by atoms with van der Waals surface area (Å²) in [6.45, 7) is 2.14. The van der Waals surface area contributed by atoms with Gasteiger partial charge in [0.2, 0.25) is 11.8 Å². The van der Waals surface area contributed by atoms with E-state index in [4.69, 9.17) is 23.2 Å². The summed E-state index contributed by atoms with van der Waals surface area (Å²) in [6.07, 6.45) is 3.16. The van der Waals surface area contributed by atoms with E-state index in [1.54, 1.807) is 11.8 Å². The number of halogens is 3. The van der Waals surface area contributed by atoms with E-state index in [-0.39, 0.29) is 23.7 Å². The Kier molecular flexibility index (Phi) is 7.52. The highest BCUT2D eigenvalue weighted by Crippen LogP contribution is 2.52. The van der Waals surface area contributed by atoms with Gasteiger partial charge in [0.05, 0.1) is 10.0 Å². The summed E-state index contributed by atoms with van der Waals surface area (Å²) < 4.78 is 1.00. The van der Waals surface area contributed by atoms with Crippen molar-refractivity contribution in [3.63, 3.8) is 0 Å². The molecule has 1 N–H and O–H groups in total. The maximum absolute atomic E-state index is 12.5. The first kappa shape index (κ1) is 23.0. The van der Waals surface area contributed by atoms with Crippen molar-refractivity contribution in [2.24, 2.45) is 5.92 Å². The molecule has 2 amide bonds. The molecule has 31 heavy (non-hydrogen) atoms. The van der Waals surface area contributed by atoms with E-state index >= 15 is 0 Å². The van der Waals surface area contributed by atoms with Crippen molar-refractivity contribution in [2.75, 3.05) is 19.6 Å². The topological polar surface area (TPSA) is 49.4 Å². The first-order valence-corrected chi connectivity index (χ1v) is 12.8. The van der Waals surface area contributed by atoms with Gasteiger partial charge < -0.3 is 10.2 Å². The highest BCUT2D eigenvalue weighted by Gasteiger charge is 2.45. The zero-order valence-electron chi connectivity index (χ0n) is 16.9. The van der Waals surface area contributed by atoms with Crippen LogP contribution in [0.15, 0.2) is 50.7 Å². The summed E-state index contributed by atoms with van der Waals surface area (Å²) in [5, 5.41) is 4.07. The van der Waals surface area contributed by atoms with Crippen LogP contribution in [0.5, 0.6) is 0 Å². The lowest BCUT2D eigenvalue weighted by atomic mass is 10.1. The Hall–Kier alpha value is -1.21. The molecular formula is C23H23BrCl2N2O2S. The molecule has 1 heterocycles. The van der Waals surface area contributed by atoms with Crippen molar-refractivity contribution in [3.8, 4) is 0 Å². The minimum atomic E-state index is -0.0660. The summed E-state index contributed by atoms with van der Waals surface area (Å²) in [5.41, 5.74) is 0.936. The van der Waals surface area contributed by atoms with Crippen molar-refractivity contribution in [3.05, 3.63) is 56.5 Å². The molecule has 0 bridgehead atoms. The van der Waals surface area contributed by atoms with Gasteiger partial charge in [0, 0.05) is 46.2 Å². The molecule has 2 fully saturated rings. The normalized spacial score (nSPS) is 20.2. The fourth-order valence-electron chi connectivity index (χ4n) is 3.94. The molecule has 1 aliphatic carbocycles. The zero-order chi connectivity index (χ0) is 22.0. The Labute approximate surface area is 205 Å².